The molecule has 2 aromatic heterocycles. The summed E-state index contributed by atoms with van der Waals surface area (Å²) in [6.07, 6.45) is 10.5. The fourth-order valence-corrected chi connectivity index (χ4v) is 10.9. The quantitative estimate of drug-likeness (QED) is 0.167. The second-order valence-electron chi connectivity index (χ2n) is 18.5. The van der Waals surface area contributed by atoms with E-state index < -0.39 is 23.8 Å². The number of nitrogens with one attached hydrogen (secondary N) is 3. The van der Waals surface area contributed by atoms with Crippen LogP contribution in [0.15, 0.2) is 85.5 Å². The number of piperazine rings is 1. The van der Waals surface area contributed by atoms with Gasteiger partial charge in [0.05, 0.1) is 23.9 Å². The highest BCUT2D eigenvalue weighted by Crippen LogP contribution is 2.51. The highest BCUT2D eigenvalue weighted by atomic mass is 16.2. The zero-order valence-corrected chi connectivity index (χ0v) is 35.6. The van der Waals surface area contributed by atoms with E-state index in [2.05, 4.69) is 69.5 Å². The zero-order valence-electron chi connectivity index (χ0n) is 35.6. The molecule has 1 spiro atoms. The van der Waals surface area contributed by atoms with E-state index in [0.717, 1.165) is 85.1 Å². The lowest BCUT2D eigenvalue weighted by Crippen LogP contribution is -2.59. The molecule has 0 unspecified atom stereocenters. The lowest BCUT2D eigenvalue weighted by Gasteiger charge is -2.56. The van der Waals surface area contributed by atoms with Crippen LogP contribution in [0.3, 0.4) is 0 Å². The molecule has 0 bridgehead atoms. The highest BCUT2D eigenvalue weighted by molar-refractivity contribution is 6.23. The van der Waals surface area contributed by atoms with Crippen LogP contribution >= 0.6 is 0 Å². The van der Waals surface area contributed by atoms with E-state index in [9.17, 15) is 24.0 Å². The largest absolute Gasteiger partial charge is 0.371 e. The average molecular weight is 862 g/mol. The summed E-state index contributed by atoms with van der Waals surface area (Å²) in [6.45, 7) is 5.64. The summed E-state index contributed by atoms with van der Waals surface area (Å²) in [6, 6.07) is 23.8. The standard InChI is InChI=1S/C48H51N11O5/c60-40-13-12-39(45(62)54-40)59-46(63)37-11-10-34(25-38(37)47(59)64)56-18-20-57(21-19-56)36-26-48(27-36)14-16-55(17-15-48)33-8-6-31(7-9-33)53-43-42-44(50-28-49-43)58(29-51-42)35-23-32(24-35)52-41(61)22-30-4-2-1-3-5-30/h1-11,25,28-29,32,35-36,39H,12-24,26-27H2,(H,52,61)(H,49,50,53)(H,54,60,62)/t32?,35?,39-/m0/s1. The van der Waals surface area contributed by atoms with Crippen LogP contribution in [0, 0.1) is 5.41 Å². The van der Waals surface area contributed by atoms with Crippen LogP contribution in [0.4, 0.5) is 22.9 Å². The van der Waals surface area contributed by atoms with Crippen molar-refractivity contribution in [1.82, 2.24) is 40.0 Å². The van der Waals surface area contributed by atoms with Gasteiger partial charge in [-0.2, -0.15) is 0 Å². The van der Waals surface area contributed by atoms with Gasteiger partial charge >= 0.3 is 0 Å². The van der Waals surface area contributed by atoms with Crippen molar-refractivity contribution in [3.8, 4) is 0 Å². The van der Waals surface area contributed by atoms with Gasteiger partial charge in [-0.05, 0) is 98.4 Å². The van der Waals surface area contributed by atoms with Crippen molar-refractivity contribution in [2.24, 2.45) is 5.41 Å². The van der Waals surface area contributed by atoms with E-state index in [-0.39, 0.29) is 36.7 Å². The summed E-state index contributed by atoms with van der Waals surface area (Å²) >= 11 is 0. The third-order valence-corrected chi connectivity index (χ3v) is 14.7. The van der Waals surface area contributed by atoms with Crippen LogP contribution in [-0.2, 0) is 20.8 Å². The van der Waals surface area contributed by atoms with Crippen LogP contribution in [0.2, 0.25) is 0 Å². The molecule has 3 aromatic carbocycles. The number of imide groups is 2. The lowest BCUT2D eigenvalue weighted by molar-refractivity contribution is -0.136. The normalized spacial score (nSPS) is 23.5. The second-order valence-corrected chi connectivity index (χ2v) is 18.5. The third kappa shape index (κ3) is 7.42. The molecule has 328 valence electrons. The zero-order chi connectivity index (χ0) is 43.5. The number of carbonyl (C=O) groups is 5. The molecule has 16 nitrogen and oxygen atoms in total. The molecular formula is C48H51N11O5. The predicted octanol–water partition coefficient (Wildman–Crippen LogP) is 4.60. The van der Waals surface area contributed by atoms with Gasteiger partial charge in [-0.25, -0.2) is 15.0 Å². The number of nitrogens with zero attached hydrogens (tertiary/aromatic N) is 8. The Labute approximate surface area is 370 Å². The number of hydrogen-bond acceptors (Lipinski definition) is 12. The first-order chi connectivity index (χ1) is 31.2. The Morgan fingerprint density at radius 1 is 0.766 bits per heavy atom. The fourth-order valence-electron chi connectivity index (χ4n) is 10.9. The van der Waals surface area contributed by atoms with Crippen molar-refractivity contribution in [2.45, 2.75) is 82.0 Å². The Morgan fingerprint density at radius 3 is 2.23 bits per heavy atom. The first kappa shape index (κ1) is 40.1. The maximum atomic E-state index is 13.4. The van der Waals surface area contributed by atoms with Gasteiger partial charge in [-0.1, -0.05) is 30.3 Å². The smallest absolute Gasteiger partial charge is 0.262 e. The van der Waals surface area contributed by atoms with Crippen LogP contribution in [0.25, 0.3) is 11.2 Å². The Morgan fingerprint density at radius 2 is 1.48 bits per heavy atom. The number of rotatable bonds is 10. The second kappa shape index (κ2) is 16.1. The van der Waals surface area contributed by atoms with Crippen molar-refractivity contribution in [3.05, 3.63) is 102 Å². The summed E-state index contributed by atoms with van der Waals surface area (Å²) in [5, 5.41) is 8.90. The molecule has 16 heteroatoms. The van der Waals surface area contributed by atoms with Crippen LogP contribution in [0.1, 0.15) is 83.7 Å². The van der Waals surface area contributed by atoms with Gasteiger partial charge in [-0.15, -0.1) is 0 Å². The monoisotopic (exact) mass is 861 g/mol. The molecule has 5 aromatic rings. The van der Waals surface area contributed by atoms with Gasteiger partial charge < -0.3 is 25.0 Å². The summed E-state index contributed by atoms with van der Waals surface area (Å²) < 4.78 is 2.11. The number of aromatic nitrogens is 4. The highest BCUT2D eigenvalue weighted by Gasteiger charge is 2.49. The SMILES string of the molecule is O=C1CC[C@H](N2C(=O)c3ccc(N4CCN(C5CC6(CCN(c7ccc(Nc8ncnc9c8ncn9C8CC(NC(=O)Cc9ccccc9)C8)cc7)CC6)C5)CC4)cc3C2=O)C(=O)N1. The molecule has 1 atom stereocenters. The summed E-state index contributed by atoms with van der Waals surface area (Å²) in [7, 11) is 0. The van der Waals surface area contributed by atoms with Gasteiger partial charge in [0, 0.05) is 80.9 Å². The molecule has 3 N–H and O–H groups in total. The van der Waals surface area contributed by atoms with E-state index in [1.165, 1.54) is 31.4 Å². The van der Waals surface area contributed by atoms with Gasteiger partial charge in [0.15, 0.2) is 17.0 Å². The van der Waals surface area contributed by atoms with E-state index in [4.69, 9.17) is 4.98 Å². The van der Waals surface area contributed by atoms with Crippen molar-refractivity contribution in [1.29, 1.82) is 0 Å². The van der Waals surface area contributed by atoms with Crippen molar-refractivity contribution in [2.75, 3.05) is 54.4 Å². The minimum absolute atomic E-state index is 0.0482. The molecule has 64 heavy (non-hydrogen) atoms. The molecule has 6 heterocycles. The van der Waals surface area contributed by atoms with Crippen LogP contribution < -0.4 is 25.8 Å². The molecule has 0 radical (unpaired) electrons. The Bertz CT molecular complexity index is 2640. The number of anilines is 4. The average Bonchev–Trinajstić information content (AvgIpc) is 3.82. The van der Waals surface area contributed by atoms with Crippen molar-refractivity contribution < 1.29 is 24.0 Å². The van der Waals surface area contributed by atoms with Gasteiger partial charge in [0.1, 0.15) is 12.4 Å². The molecule has 11 rings (SSSR count). The molecular weight excluding hydrogens is 811 g/mol. The van der Waals surface area contributed by atoms with Gasteiger partial charge in [0.25, 0.3) is 11.8 Å². The Balaban J connectivity index is 0.634. The molecule has 5 fully saturated rings. The van der Waals surface area contributed by atoms with Crippen molar-refractivity contribution >= 4 is 63.6 Å². The number of carbonyl (C=O) groups excluding carboxylic acids is 5. The number of benzene rings is 3. The molecule has 2 saturated carbocycles. The minimum Gasteiger partial charge on any atom is -0.371 e. The number of amides is 5. The Hall–Kier alpha value is -6.68. The Kier molecular flexibility index (Phi) is 10.1. The van der Waals surface area contributed by atoms with E-state index >= 15 is 0 Å². The summed E-state index contributed by atoms with van der Waals surface area (Å²) in [5.74, 6) is -1.21. The number of fused-ring (bicyclic) bond motifs is 2. The van der Waals surface area contributed by atoms with E-state index in [1.54, 1.807) is 18.5 Å². The fraction of sp³-hybridized carbons (Fsp3) is 0.417. The molecule has 4 aliphatic heterocycles. The first-order valence-electron chi connectivity index (χ1n) is 22.6. The molecule has 6 aliphatic rings. The minimum atomic E-state index is -0.964. The van der Waals surface area contributed by atoms with E-state index in [1.807, 2.05) is 42.7 Å². The first-order valence-corrected chi connectivity index (χ1v) is 22.6. The molecule has 3 saturated heterocycles. The van der Waals surface area contributed by atoms with Crippen molar-refractivity contribution in [3.63, 3.8) is 0 Å². The predicted molar refractivity (Wildman–Crippen MR) is 239 cm³/mol. The topological polar surface area (TPSA) is 178 Å². The van der Waals surface area contributed by atoms with Gasteiger partial charge in [-0.3, -0.25) is 39.1 Å². The molecule has 2 aliphatic carbocycles. The van der Waals surface area contributed by atoms with Gasteiger partial charge in [0.2, 0.25) is 17.7 Å². The summed E-state index contributed by atoms with van der Waals surface area (Å²) in [5.41, 5.74) is 6.63. The van der Waals surface area contributed by atoms with Crippen LogP contribution in [-0.4, -0.2) is 116 Å². The maximum Gasteiger partial charge on any atom is 0.262 e. The third-order valence-electron chi connectivity index (χ3n) is 14.7. The summed E-state index contributed by atoms with van der Waals surface area (Å²) in [4.78, 5) is 85.5. The maximum absolute atomic E-state index is 13.4. The molecule has 5 amide bonds. The number of piperidine rings is 2. The lowest BCUT2D eigenvalue weighted by atomic mass is 9.60. The number of imidazole rings is 1. The van der Waals surface area contributed by atoms with Crippen LogP contribution in [0.5, 0.6) is 0 Å². The number of hydrogen-bond donors (Lipinski definition) is 3. The van der Waals surface area contributed by atoms with E-state index in [0.29, 0.717) is 34.8 Å².